The van der Waals surface area contributed by atoms with Gasteiger partial charge in [0.25, 0.3) is 0 Å². The van der Waals surface area contributed by atoms with E-state index in [1.165, 1.54) is 15.3 Å². The zero-order chi connectivity index (χ0) is 15.6. The first-order chi connectivity index (χ1) is 9.81. The highest BCUT2D eigenvalue weighted by molar-refractivity contribution is 9.11. The van der Waals surface area contributed by atoms with Gasteiger partial charge in [0.2, 0.25) is 0 Å². The molecule has 0 saturated heterocycles. The Balaban J connectivity index is 2.41. The zero-order valence-electron chi connectivity index (χ0n) is 12.8. The molecule has 0 aliphatic rings. The van der Waals surface area contributed by atoms with Crippen molar-refractivity contribution in [1.82, 2.24) is 5.32 Å². The molecule has 1 heterocycles. The number of nitrogens with one attached hydrogen (secondary N) is 1. The Morgan fingerprint density at radius 3 is 2.19 bits per heavy atom. The lowest BCUT2D eigenvalue weighted by Crippen LogP contribution is -2.21. The Labute approximate surface area is 148 Å². The fourth-order valence-corrected chi connectivity index (χ4v) is 4.74. The van der Waals surface area contributed by atoms with Crippen LogP contribution in [0.2, 0.25) is 0 Å². The summed E-state index contributed by atoms with van der Waals surface area (Å²) in [6.07, 6.45) is 0. The van der Waals surface area contributed by atoms with Gasteiger partial charge in [-0.15, -0.1) is 11.3 Å². The van der Waals surface area contributed by atoms with Crippen molar-refractivity contribution in [3.63, 3.8) is 0 Å². The smallest absolute Gasteiger partial charge is 0.0671 e. The average molecular weight is 431 g/mol. The van der Waals surface area contributed by atoms with E-state index < -0.39 is 0 Å². The van der Waals surface area contributed by atoms with Crippen LogP contribution in [0.3, 0.4) is 0 Å². The van der Waals surface area contributed by atoms with Crippen molar-refractivity contribution in [2.24, 2.45) is 0 Å². The molecule has 2 rings (SSSR count). The molecule has 2 aromatic rings. The Kier molecular flexibility index (Phi) is 5.69. The van der Waals surface area contributed by atoms with Gasteiger partial charge in [-0.1, -0.05) is 59.6 Å². The molecular formula is C17H21Br2NS. The maximum Gasteiger partial charge on any atom is 0.0671 e. The summed E-state index contributed by atoms with van der Waals surface area (Å²) in [6.45, 7) is 9.89. The van der Waals surface area contributed by atoms with Crippen molar-refractivity contribution in [2.45, 2.75) is 39.2 Å². The molecule has 1 nitrogen and oxygen atoms in total. The standard InChI is InChI=1S/C17H21Br2NS/c1-5-20-16(11-8-12(18)10-13(19)9-11)14-6-7-15(21-14)17(2,3)4/h6-10,16,20H,5H2,1-4H3. The number of rotatable bonds is 4. The summed E-state index contributed by atoms with van der Waals surface area (Å²) >= 11 is 9.08. The van der Waals surface area contributed by atoms with Gasteiger partial charge in [0.15, 0.2) is 0 Å². The molecule has 1 N–H and O–H groups in total. The number of hydrogen-bond acceptors (Lipinski definition) is 2. The Morgan fingerprint density at radius 2 is 1.71 bits per heavy atom. The van der Waals surface area contributed by atoms with Gasteiger partial charge >= 0.3 is 0 Å². The highest BCUT2D eigenvalue weighted by Gasteiger charge is 2.21. The van der Waals surface area contributed by atoms with Gasteiger partial charge in [0, 0.05) is 18.7 Å². The van der Waals surface area contributed by atoms with Crippen molar-refractivity contribution in [3.8, 4) is 0 Å². The first-order valence-corrected chi connectivity index (χ1v) is 9.51. The second-order valence-corrected chi connectivity index (χ2v) is 9.09. The summed E-state index contributed by atoms with van der Waals surface area (Å²) in [7, 11) is 0. The summed E-state index contributed by atoms with van der Waals surface area (Å²) in [6, 6.07) is 11.2. The molecule has 0 aliphatic carbocycles. The van der Waals surface area contributed by atoms with Crippen LogP contribution in [0.4, 0.5) is 0 Å². The molecule has 4 heteroatoms. The Hall–Kier alpha value is -0.160. The van der Waals surface area contributed by atoms with Crippen LogP contribution in [0, 0.1) is 0 Å². The molecule has 1 aromatic carbocycles. The molecule has 1 aromatic heterocycles. The SMILES string of the molecule is CCNC(c1cc(Br)cc(Br)c1)c1ccc(C(C)(C)C)s1. The van der Waals surface area contributed by atoms with Crippen LogP contribution in [0.15, 0.2) is 39.3 Å². The first-order valence-electron chi connectivity index (χ1n) is 7.11. The van der Waals surface area contributed by atoms with Gasteiger partial charge < -0.3 is 5.32 Å². The molecule has 0 aliphatic heterocycles. The molecule has 1 unspecified atom stereocenters. The third kappa shape index (κ3) is 4.41. The zero-order valence-corrected chi connectivity index (χ0v) is 16.8. The van der Waals surface area contributed by atoms with Crippen molar-refractivity contribution in [1.29, 1.82) is 0 Å². The molecule has 1 atom stereocenters. The molecule has 0 amide bonds. The second-order valence-electron chi connectivity index (χ2n) is 6.15. The fraction of sp³-hybridized carbons (Fsp3) is 0.412. The van der Waals surface area contributed by atoms with Gasteiger partial charge in [-0.3, -0.25) is 0 Å². The van der Waals surface area contributed by atoms with Crippen LogP contribution in [-0.4, -0.2) is 6.54 Å². The molecule has 0 fully saturated rings. The summed E-state index contributed by atoms with van der Waals surface area (Å²) in [5, 5.41) is 3.60. The number of benzene rings is 1. The summed E-state index contributed by atoms with van der Waals surface area (Å²) in [5.41, 5.74) is 1.48. The normalized spacial score (nSPS) is 13.4. The topological polar surface area (TPSA) is 12.0 Å². The minimum Gasteiger partial charge on any atom is -0.306 e. The van der Waals surface area contributed by atoms with Gasteiger partial charge in [-0.05, 0) is 47.9 Å². The highest BCUT2D eigenvalue weighted by atomic mass is 79.9. The molecule has 0 bridgehead atoms. The highest BCUT2D eigenvalue weighted by Crippen LogP contribution is 2.36. The van der Waals surface area contributed by atoms with Crippen LogP contribution in [0.25, 0.3) is 0 Å². The minimum absolute atomic E-state index is 0.206. The molecule has 114 valence electrons. The summed E-state index contributed by atoms with van der Waals surface area (Å²) in [5.74, 6) is 0. The Bertz CT molecular complexity index is 593. The van der Waals surface area contributed by atoms with E-state index in [0.717, 1.165) is 15.5 Å². The van der Waals surface area contributed by atoms with E-state index in [1.54, 1.807) is 0 Å². The van der Waals surface area contributed by atoms with Gasteiger partial charge in [-0.2, -0.15) is 0 Å². The van der Waals surface area contributed by atoms with E-state index in [0.29, 0.717) is 0 Å². The van der Waals surface area contributed by atoms with Crippen LogP contribution in [0.5, 0.6) is 0 Å². The average Bonchev–Trinajstić information content (AvgIpc) is 2.83. The van der Waals surface area contributed by atoms with E-state index in [2.05, 4.69) is 95.2 Å². The number of hydrogen-bond donors (Lipinski definition) is 1. The van der Waals surface area contributed by atoms with Crippen molar-refractivity contribution in [3.05, 3.63) is 54.6 Å². The monoisotopic (exact) mass is 429 g/mol. The van der Waals surface area contributed by atoms with E-state index in [9.17, 15) is 0 Å². The molecule has 0 spiro atoms. The van der Waals surface area contributed by atoms with E-state index in [4.69, 9.17) is 0 Å². The second kappa shape index (κ2) is 6.95. The Morgan fingerprint density at radius 1 is 1.10 bits per heavy atom. The van der Waals surface area contributed by atoms with E-state index >= 15 is 0 Å². The van der Waals surface area contributed by atoms with Crippen LogP contribution in [-0.2, 0) is 5.41 Å². The predicted octanol–water partition coefficient (Wildman–Crippen LogP) is 6.27. The van der Waals surface area contributed by atoms with E-state index in [-0.39, 0.29) is 11.5 Å². The minimum atomic E-state index is 0.206. The maximum atomic E-state index is 3.60. The third-order valence-electron chi connectivity index (χ3n) is 3.28. The van der Waals surface area contributed by atoms with Gasteiger partial charge in [-0.25, -0.2) is 0 Å². The lowest BCUT2D eigenvalue weighted by atomic mass is 9.95. The molecule has 0 radical (unpaired) electrons. The quantitative estimate of drug-likeness (QED) is 0.602. The molecule has 21 heavy (non-hydrogen) atoms. The van der Waals surface area contributed by atoms with Crippen LogP contribution < -0.4 is 5.32 Å². The van der Waals surface area contributed by atoms with Crippen molar-refractivity contribution < 1.29 is 0 Å². The van der Waals surface area contributed by atoms with Crippen LogP contribution >= 0.6 is 43.2 Å². The predicted molar refractivity (Wildman–Crippen MR) is 100 cm³/mol. The first kappa shape index (κ1) is 17.2. The molecule has 0 saturated carbocycles. The van der Waals surface area contributed by atoms with Gasteiger partial charge in [0.1, 0.15) is 0 Å². The fourth-order valence-electron chi connectivity index (χ4n) is 2.24. The number of halogens is 2. The summed E-state index contributed by atoms with van der Waals surface area (Å²) < 4.78 is 2.20. The maximum absolute atomic E-state index is 3.60. The lowest BCUT2D eigenvalue weighted by Gasteiger charge is -2.19. The van der Waals surface area contributed by atoms with Crippen molar-refractivity contribution >= 4 is 43.2 Å². The van der Waals surface area contributed by atoms with Gasteiger partial charge in [0.05, 0.1) is 6.04 Å². The van der Waals surface area contributed by atoms with E-state index in [1.807, 2.05) is 11.3 Å². The van der Waals surface area contributed by atoms with Crippen LogP contribution in [0.1, 0.15) is 49.1 Å². The largest absolute Gasteiger partial charge is 0.306 e. The van der Waals surface area contributed by atoms with Crippen molar-refractivity contribution in [2.75, 3.05) is 6.54 Å². The lowest BCUT2D eigenvalue weighted by molar-refractivity contribution is 0.604. The molecular weight excluding hydrogens is 410 g/mol. The number of thiophene rings is 1. The summed E-state index contributed by atoms with van der Waals surface area (Å²) in [4.78, 5) is 2.79. The third-order valence-corrected chi connectivity index (χ3v) is 5.77.